The molecule has 1 aromatic heterocycles. The molecule has 0 aliphatic heterocycles. The van der Waals surface area contributed by atoms with E-state index in [1.165, 1.54) is 25.7 Å². The van der Waals surface area contributed by atoms with Gasteiger partial charge in [0.05, 0.1) is 11.0 Å². The molecule has 2 aromatic rings. The number of halogens is 1. The number of benzene rings is 1. The summed E-state index contributed by atoms with van der Waals surface area (Å²) >= 11 is 11.8. The van der Waals surface area contributed by atoms with E-state index in [2.05, 4.69) is 23.4 Å². The Bertz CT molecular complexity index is 671. The topological polar surface area (TPSA) is 20.7 Å². The van der Waals surface area contributed by atoms with Crippen LogP contribution in [0, 0.1) is 16.6 Å². The van der Waals surface area contributed by atoms with Gasteiger partial charge in [-0.05, 0) is 55.1 Å². The molecule has 1 aromatic carbocycles. The number of nitrogens with zero attached hydrogens (tertiary/aromatic N) is 1. The van der Waals surface area contributed by atoms with Crippen LogP contribution in [-0.4, -0.2) is 9.55 Å². The van der Waals surface area contributed by atoms with Gasteiger partial charge < -0.3 is 9.55 Å². The van der Waals surface area contributed by atoms with Crippen molar-refractivity contribution in [2.75, 3.05) is 0 Å². The quantitative estimate of drug-likeness (QED) is 0.702. The number of aromatic amines is 1. The average molecular weight is 309 g/mol. The lowest BCUT2D eigenvalue weighted by atomic mass is 9.77. The van der Waals surface area contributed by atoms with Crippen LogP contribution in [0.1, 0.15) is 45.6 Å². The zero-order valence-electron chi connectivity index (χ0n) is 12.0. The molecule has 0 amide bonds. The molecule has 0 saturated heterocycles. The Morgan fingerprint density at radius 2 is 2.05 bits per heavy atom. The number of hydrogen-bond donors (Lipinski definition) is 1. The van der Waals surface area contributed by atoms with E-state index in [0.717, 1.165) is 20.8 Å². The Kier molecular flexibility index (Phi) is 3.91. The largest absolute Gasteiger partial charge is 0.331 e. The molecular formula is C16H21ClN2S. The minimum atomic E-state index is 0.503. The molecule has 2 unspecified atom stereocenters. The van der Waals surface area contributed by atoms with E-state index >= 15 is 0 Å². The molecule has 0 spiro atoms. The van der Waals surface area contributed by atoms with Crippen LogP contribution in [0.3, 0.4) is 0 Å². The SMILES string of the molecule is CC(C)C1CCCCC1n1c(=S)[nH]c2ccc(Cl)cc21. The average Bonchev–Trinajstić information content (AvgIpc) is 2.74. The molecule has 1 aliphatic carbocycles. The summed E-state index contributed by atoms with van der Waals surface area (Å²) < 4.78 is 3.15. The van der Waals surface area contributed by atoms with E-state index in [0.29, 0.717) is 17.9 Å². The van der Waals surface area contributed by atoms with Crippen molar-refractivity contribution < 1.29 is 0 Å². The molecule has 1 fully saturated rings. The highest BCUT2D eigenvalue weighted by Gasteiger charge is 2.30. The van der Waals surface area contributed by atoms with Crippen molar-refractivity contribution >= 4 is 34.9 Å². The summed E-state index contributed by atoms with van der Waals surface area (Å²) in [4.78, 5) is 3.33. The molecule has 4 heteroatoms. The summed E-state index contributed by atoms with van der Waals surface area (Å²) in [6.45, 7) is 4.66. The van der Waals surface area contributed by atoms with Gasteiger partial charge in [0.1, 0.15) is 0 Å². The molecule has 2 atom stereocenters. The number of rotatable bonds is 2. The highest BCUT2D eigenvalue weighted by atomic mass is 35.5. The molecule has 0 bridgehead atoms. The first-order chi connectivity index (χ1) is 9.58. The second-order valence-corrected chi connectivity index (χ2v) is 7.04. The third-order valence-electron chi connectivity index (χ3n) is 4.65. The number of hydrogen-bond acceptors (Lipinski definition) is 1. The van der Waals surface area contributed by atoms with E-state index in [1.807, 2.05) is 18.2 Å². The van der Waals surface area contributed by atoms with Crippen molar-refractivity contribution in [1.82, 2.24) is 9.55 Å². The molecule has 108 valence electrons. The second-order valence-electron chi connectivity index (χ2n) is 6.22. The molecule has 1 aliphatic rings. The highest BCUT2D eigenvalue weighted by Crippen LogP contribution is 2.40. The molecule has 1 saturated carbocycles. The van der Waals surface area contributed by atoms with E-state index in [-0.39, 0.29) is 0 Å². The Hall–Kier alpha value is -0.800. The first-order valence-electron chi connectivity index (χ1n) is 7.47. The van der Waals surface area contributed by atoms with E-state index in [1.54, 1.807) is 0 Å². The van der Waals surface area contributed by atoms with Crippen LogP contribution in [0.15, 0.2) is 18.2 Å². The maximum absolute atomic E-state index is 6.18. The van der Waals surface area contributed by atoms with Crippen LogP contribution < -0.4 is 0 Å². The van der Waals surface area contributed by atoms with Crippen molar-refractivity contribution in [3.05, 3.63) is 28.0 Å². The van der Waals surface area contributed by atoms with Crippen LogP contribution in [0.5, 0.6) is 0 Å². The fourth-order valence-corrected chi connectivity index (χ4v) is 4.17. The van der Waals surface area contributed by atoms with Gasteiger partial charge >= 0.3 is 0 Å². The maximum Gasteiger partial charge on any atom is 0.178 e. The predicted molar refractivity (Wildman–Crippen MR) is 88.0 cm³/mol. The molecule has 3 rings (SSSR count). The first kappa shape index (κ1) is 14.2. The lowest BCUT2D eigenvalue weighted by Crippen LogP contribution is -2.27. The Morgan fingerprint density at radius 1 is 1.30 bits per heavy atom. The van der Waals surface area contributed by atoms with Crippen molar-refractivity contribution in [3.63, 3.8) is 0 Å². The summed E-state index contributed by atoms with van der Waals surface area (Å²) in [5.41, 5.74) is 2.24. The third kappa shape index (κ3) is 2.42. The molecule has 1 N–H and O–H groups in total. The van der Waals surface area contributed by atoms with Gasteiger partial charge in [0, 0.05) is 11.1 Å². The van der Waals surface area contributed by atoms with Crippen molar-refractivity contribution in [1.29, 1.82) is 0 Å². The zero-order chi connectivity index (χ0) is 14.3. The summed E-state index contributed by atoms with van der Waals surface area (Å²) in [7, 11) is 0. The molecule has 1 heterocycles. The van der Waals surface area contributed by atoms with Crippen LogP contribution in [0.2, 0.25) is 5.02 Å². The number of aromatic nitrogens is 2. The van der Waals surface area contributed by atoms with Crippen molar-refractivity contribution in [2.24, 2.45) is 11.8 Å². The van der Waals surface area contributed by atoms with Crippen molar-refractivity contribution in [2.45, 2.75) is 45.6 Å². The van der Waals surface area contributed by atoms with Crippen LogP contribution in [0.4, 0.5) is 0 Å². The summed E-state index contributed by atoms with van der Waals surface area (Å²) in [6.07, 6.45) is 5.16. The monoisotopic (exact) mass is 308 g/mol. The van der Waals surface area contributed by atoms with E-state index < -0.39 is 0 Å². The van der Waals surface area contributed by atoms with Gasteiger partial charge in [-0.1, -0.05) is 38.3 Å². The summed E-state index contributed by atoms with van der Waals surface area (Å²) in [5.74, 6) is 1.39. The van der Waals surface area contributed by atoms with Gasteiger partial charge in [-0.3, -0.25) is 0 Å². The van der Waals surface area contributed by atoms with Gasteiger partial charge in [0.15, 0.2) is 4.77 Å². The predicted octanol–water partition coefficient (Wildman–Crippen LogP) is 5.74. The standard InChI is InChI=1S/C16H21ClN2S/c1-10(2)12-5-3-4-6-14(12)19-15-9-11(17)7-8-13(15)18-16(19)20/h7-10,12,14H,3-6H2,1-2H3,(H,18,20). The number of nitrogens with one attached hydrogen (secondary N) is 1. The Labute approximate surface area is 130 Å². The normalized spacial score (nSPS) is 23.6. The summed E-state index contributed by atoms with van der Waals surface area (Å²) in [6, 6.07) is 6.48. The maximum atomic E-state index is 6.18. The third-order valence-corrected chi connectivity index (χ3v) is 5.18. The molecule has 0 radical (unpaired) electrons. The van der Waals surface area contributed by atoms with Gasteiger partial charge in [0.25, 0.3) is 0 Å². The minimum absolute atomic E-state index is 0.503. The molecule has 2 nitrogen and oxygen atoms in total. The Balaban J connectivity index is 2.14. The minimum Gasteiger partial charge on any atom is -0.331 e. The van der Waals surface area contributed by atoms with Crippen LogP contribution in [0.25, 0.3) is 11.0 Å². The van der Waals surface area contributed by atoms with Crippen molar-refractivity contribution in [3.8, 4) is 0 Å². The fraction of sp³-hybridized carbons (Fsp3) is 0.562. The molecule has 20 heavy (non-hydrogen) atoms. The number of imidazole rings is 1. The van der Waals surface area contributed by atoms with Gasteiger partial charge in [0.2, 0.25) is 0 Å². The van der Waals surface area contributed by atoms with Crippen LogP contribution >= 0.6 is 23.8 Å². The van der Waals surface area contributed by atoms with Crippen LogP contribution in [-0.2, 0) is 0 Å². The fourth-order valence-electron chi connectivity index (χ4n) is 3.66. The van der Waals surface area contributed by atoms with E-state index in [9.17, 15) is 0 Å². The molecular weight excluding hydrogens is 288 g/mol. The Morgan fingerprint density at radius 3 is 2.80 bits per heavy atom. The first-order valence-corrected chi connectivity index (χ1v) is 8.26. The van der Waals surface area contributed by atoms with Gasteiger partial charge in [-0.2, -0.15) is 0 Å². The number of fused-ring (bicyclic) bond motifs is 1. The second kappa shape index (κ2) is 5.53. The smallest absolute Gasteiger partial charge is 0.178 e. The zero-order valence-corrected chi connectivity index (χ0v) is 13.6. The van der Waals surface area contributed by atoms with E-state index in [4.69, 9.17) is 23.8 Å². The lowest BCUT2D eigenvalue weighted by Gasteiger charge is -2.35. The summed E-state index contributed by atoms with van der Waals surface area (Å²) in [5, 5.41) is 0.775. The highest BCUT2D eigenvalue weighted by molar-refractivity contribution is 7.71. The lowest BCUT2D eigenvalue weighted by molar-refractivity contribution is 0.186. The van der Waals surface area contributed by atoms with Gasteiger partial charge in [-0.25, -0.2) is 0 Å². The van der Waals surface area contributed by atoms with Gasteiger partial charge in [-0.15, -0.1) is 0 Å². The number of H-pyrrole nitrogens is 1.